The first-order valence-electron chi connectivity index (χ1n) is 7.38. The van der Waals surface area contributed by atoms with E-state index < -0.39 is 0 Å². The molecule has 0 atom stereocenters. The molecule has 2 aromatic heterocycles. The second kappa shape index (κ2) is 6.04. The molecule has 24 heavy (non-hydrogen) atoms. The molecule has 4 rings (SSSR count). The number of hydrogen-bond acceptors (Lipinski definition) is 5. The van der Waals surface area contributed by atoms with Crippen molar-refractivity contribution < 1.29 is 14.0 Å². The molecule has 2 amide bonds. The van der Waals surface area contributed by atoms with E-state index in [-0.39, 0.29) is 18.4 Å². The zero-order chi connectivity index (χ0) is 16.5. The van der Waals surface area contributed by atoms with Crippen molar-refractivity contribution in [3.05, 3.63) is 36.6 Å². The van der Waals surface area contributed by atoms with E-state index in [1.165, 1.54) is 11.8 Å². The van der Waals surface area contributed by atoms with Gasteiger partial charge in [-0.1, -0.05) is 0 Å². The number of benzene rings is 1. The fraction of sp³-hybridized carbons (Fsp3) is 0.188. The normalized spacial score (nSPS) is 14.5. The summed E-state index contributed by atoms with van der Waals surface area (Å²) in [5, 5.41) is 2.81. The second-order valence-electron chi connectivity index (χ2n) is 5.41. The Bertz CT molecular complexity index is 903. The monoisotopic (exact) mass is 342 g/mol. The van der Waals surface area contributed by atoms with Gasteiger partial charge in [0, 0.05) is 5.69 Å². The van der Waals surface area contributed by atoms with Gasteiger partial charge in [0.1, 0.15) is 6.54 Å². The van der Waals surface area contributed by atoms with Crippen LogP contribution in [0, 0.1) is 0 Å². The Kier molecular flexibility index (Phi) is 3.73. The third-order valence-corrected chi connectivity index (χ3v) is 4.63. The Morgan fingerprint density at radius 1 is 1.42 bits per heavy atom. The van der Waals surface area contributed by atoms with Gasteiger partial charge in [0.2, 0.25) is 11.8 Å². The first-order valence-corrected chi connectivity index (χ1v) is 8.53. The van der Waals surface area contributed by atoms with E-state index in [4.69, 9.17) is 4.42 Å². The molecule has 0 bridgehead atoms. The van der Waals surface area contributed by atoms with Gasteiger partial charge < -0.3 is 19.6 Å². The summed E-state index contributed by atoms with van der Waals surface area (Å²) in [4.78, 5) is 32.8. The third kappa shape index (κ3) is 2.88. The molecule has 1 aliphatic rings. The molecule has 7 nitrogen and oxygen atoms in total. The van der Waals surface area contributed by atoms with Gasteiger partial charge in [-0.15, -0.1) is 11.8 Å². The van der Waals surface area contributed by atoms with E-state index in [9.17, 15) is 9.59 Å². The fourth-order valence-electron chi connectivity index (χ4n) is 2.53. The molecule has 0 aliphatic carbocycles. The van der Waals surface area contributed by atoms with Gasteiger partial charge in [-0.05, 0) is 30.3 Å². The number of aromatic nitrogens is 2. The van der Waals surface area contributed by atoms with E-state index in [1.54, 1.807) is 23.3 Å². The van der Waals surface area contributed by atoms with Crippen LogP contribution in [0.25, 0.3) is 22.6 Å². The number of carbonyl (C=O) groups is 2. The SMILES string of the molecule is O=C(CN1CSCC1=O)Nc1ccc2nc(-c3ccco3)[nH]c2c1. The molecular formula is C16H14N4O3S. The number of rotatable bonds is 4. The van der Waals surface area contributed by atoms with E-state index >= 15 is 0 Å². The minimum Gasteiger partial charge on any atom is -0.461 e. The lowest BCUT2D eigenvalue weighted by Crippen LogP contribution is -2.34. The third-order valence-electron chi connectivity index (χ3n) is 3.68. The van der Waals surface area contributed by atoms with Crippen LogP contribution in [0.4, 0.5) is 5.69 Å². The Balaban J connectivity index is 1.50. The highest BCUT2D eigenvalue weighted by Crippen LogP contribution is 2.23. The first kappa shape index (κ1) is 14.8. The average Bonchev–Trinajstić information content (AvgIpc) is 3.28. The number of nitrogens with zero attached hydrogens (tertiary/aromatic N) is 2. The zero-order valence-corrected chi connectivity index (χ0v) is 13.4. The van der Waals surface area contributed by atoms with Crippen molar-refractivity contribution in [2.45, 2.75) is 0 Å². The van der Waals surface area contributed by atoms with Crippen molar-refractivity contribution in [1.29, 1.82) is 0 Å². The maximum Gasteiger partial charge on any atom is 0.244 e. The van der Waals surface area contributed by atoms with E-state index in [0.29, 0.717) is 28.9 Å². The molecular weight excluding hydrogens is 328 g/mol. The standard InChI is InChI=1S/C16H14N4O3S/c21-14(7-20-9-24-8-15(20)22)17-10-3-4-11-12(6-10)19-16(18-11)13-2-1-5-23-13/h1-6H,7-9H2,(H,17,21)(H,18,19). The number of carbonyl (C=O) groups excluding carboxylic acids is 2. The van der Waals surface area contributed by atoms with Crippen LogP contribution in [0.15, 0.2) is 41.0 Å². The quantitative estimate of drug-likeness (QED) is 0.759. The van der Waals surface area contributed by atoms with Gasteiger partial charge in [0.05, 0.1) is 28.9 Å². The average molecular weight is 342 g/mol. The number of fused-ring (bicyclic) bond motifs is 1. The van der Waals surface area contributed by atoms with Crippen molar-refractivity contribution in [2.24, 2.45) is 0 Å². The highest BCUT2D eigenvalue weighted by Gasteiger charge is 2.22. The van der Waals surface area contributed by atoms with Crippen molar-refractivity contribution in [3.8, 4) is 11.6 Å². The summed E-state index contributed by atoms with van der Waals surface area (Å²) in [6, 6.07) is 9.04. The number of amides is 2. The molecule has 1 aromatic carbocycles. The van der Waals surface area contributed by atoms with Gasteiger partial charge in [-0.3, -0.25) is 9.59 Å². The van der Waals surface area contributed by atoms with Crippen molar-refractivity contribution in [2.75, 3.05) is 23.5 Å². The zero-order valence-electron chi connectivity index (χ0n) is 12.6. The summed E-state index contributed by atoms with van der Waals surface area (Å²) in [5.41, 5.74) is 2.24. The highest BCUT2D eigenvalue weighted by atomic mass is 32.2. The van der Waals surface area contributed by atoms with Crippen LogP contribution >= 0.6 is 11.8 Å². The summed E-state index contributed by atoms with van der Waals surface area (Å²) in [5.74, 6) is 2.10. The Labute approximate surface area is 141 Å². The Morgan fingerprint density at radius 2 is 2.33 bits per heavy atom. The van der Waals surface area contributed by atoms with Crippen LogP contribution in [0.2, 0.25) is 0 Å². The topological polar surface area (TPSA) is 91.2 Å². The van der Waals surface area contributed by atoms with Crippen molar-refractivity contribution in [1.82, 2.24) is 14.9 Å². The molecule has 1 fully saturated rings. The van der Waals surface area contributed by atoms with Crippen LogP contribution in [-0.4, -0.2) is 44.9 Å². The van der Waals surface area contributed by atoms with Gasteiger partial charge >= 0.3 is 0 Å². The number of thioether (sulfide) groups is 1. The van der Waals surface area contributed by atoms with E-state index in [2.05, 4.69) is 15.3 Å². The number of anilines is 1. The Morgan fingerprint density at radius 3 is 3.08 bits per heavy atom. The number of furan rings is 1. The number of H-pyrrole nitrogens is 1. The first-order chi connectivity index (χ1) is 11.7. The minimum absolute atomic E-state index is 0.00209. The molecule has 0 radical (unpaired) electrons. The van der Waals surface area contributed by atoms with E-state index in [0.717, 1.165) is 11.0 Å². The number of aromatic amines is 1. The molecule has 3 aromatic rings. The Hall–Kier alpha value is -2.74. The van der Waals surface area contributed by atoms with Crippen LogP contribution in [0.3, 0.4) is 0 Å². The minimum atomic E-state index is -0.212. The van der Waals surface area contributed by atoms with Gasteiger partial charge in [-0.25, -0.2) is 4.98 Å². The smallest absolute Gasteiger partial charge is 0.244 e. The fourth-order valence-corrected chi connectivity index (χ4v) is 3.44. The predicted molar refractivity (Wildman–Crippen MR) is 91.5 cm³/mol. The number of hydrogen-bond donors (Lipinski definition) is 2. The van der Waals surface area contributed by atoms with Gasteiger partial charge in [-0.2, -0.15) is 0 Å². The summed E-state index contributed by atoms with van der Waals surface area (Å²) < 4.78 is 5.33. The maximum absolute atomic E-state index is 12.1. The molecule has 122 valence electrons. The molecule has 1 saturated heterocycles. The highest BCUT2D eigenvalue weighted by molar-refractivity contribution is 8.00. The van der Waals surface area contributed by atoms with Crippen molar-refractivity contribution >= 4 is 40.3 Å². The maximum atomic E-state index is 12.1. The molecule has 0 unspecified atom stereocenters. The van der Waals surface area contributed by atoms with Crippen molar-refractivity contribution in [3.63, 3.8) is 0 Å². The van der Waals surface area contributed by atoms with Gasteiger partial charge in [0.25, 0.3) is 0 Å². The summed E-state index contributed by atoms with van der Waals surface area (Å²) in [7, 11) is 0. The lowest BCUT2D eigenvalue weighted by molar-refractivity contribution is -0.130. The lowest BCUT2D eigenvalue weighted by atomic mass is 10.2. The summed E-state index contributed by atoms with van der Waals surface area (Å²) in [6.45, 7) is 0.0739. The molecule has 8 heteroatoms. The number of imidazole rings is 1. The van der Waals surface area contributed by atoms with Crippen LogP contribution < -0.4 is 5.32 Å². The van der Waals surface area contributed by atoms with Gasteiger partial charge in [0.15, 0.2) is 11.6 Å². The largest absolute Gasteiger partial charge is 0.461 e. The molecule has 1 aliphatic heterocycles. The predicted octanol–water partition coefficient (Wildman–Crippen LogP) is 2.29. The molecule has 2 N–H and O–H groups in total. The van der Waals surface area contributed by atoms with Crippen LogP contribution in [-0.2, 0) is 9.59 Å². The molecule has 3 heterocycles. The summed E-state index contributed by atoms with van der Waals surface area (Å²) in [6.07, 6.45) is 1.59. The van der Waals surface area contributed by atoms with Crippen LogP contribution in [0.1, 0.15) is 0 Å². The lowest BCUT2D eigenvalue weighted by Gasteiger charge is -2.14. The second-order valence-corrected chi connectivity index (χ2v) is 6.37. The van der Waals surface area contributed by atoms with Crippen LogP contribution in [0.5, 0.6) is 0 Å². The van der Waals surface area contributed by atoms with E-state index in [1.807, 2.05) is 18.2 Å². The molecule has 0 spiro atoms. The number of nitrogens with one attached hydrogen (secondary N) is 2. The summed E-state index contributed by atoms with van der Waals surface area (Å²) >= 11 is 1.52. The molecule has 0 saturated carbocycles.